The van der Waals surface area contributed by atoms with E-state index < -0.39 is 11.6 Å². The Kier molecular flexibility index (Phi) is 5.11. The van der Waals surface area contributed by atoms with Gasteiger partial charge in [-0.3, -0.25) is 0 Å². The Balaban J connectivity index is 1.84. The molecule has 5 heteroatoms. The third-order valence-corrected chi connectivity index (χ3v) is 4.15. The summed E-state index contributed by atoms with van der Waals surface area (Å²) in [6, 6.07) is 10.3. The summed E-state index contributed by atoms with van der Waals surface area (Å²) >= 11 is 0. The van der Waals surface area contributed by atoms with Gasteiger partial charge in [0.05, 0.1) is 19.8 Å². The van der Waals surface area contributed by atoms with Crippen molar-refractivity contribution in [3.63, 3.8) is 0 Å². The number of halogens is 2. The molecule has 2 aromatic carbocycles. The highest BCUT2D eigenvalue weighted by atomic mass is 19.2. The molecule has 0 aromatic heterocycles. The van der Waals surface area contributed by atoms with Gasteiger partial charge in [-0.1, -0.05) is 31.2 Å². The quantitative estimate of drug-likeness (QED) is 0.805. The normalized spacial score (nSPS) is 16.3. The van der Waals surface area contributed by atoms with Crippen LogP contribution in [0, 0.1) is 11.6 Å². The highest BCUT2D eigenvalue weighted by Crippen LogP contribution is 2.32. The summed E-state index contributed by atoms with van der Waals surface area (Å²) in [5.41, 5.74) is 1.85. The molecule has 1 aliphatic rings. The van der Waals surface area contributed by atoms with E-state index in [1.165, 1.54) is 12.1 Å². The van der Waals surface area contributed by atoms with Crippen molar-refractivity contribution in [2.24, 2.45) is 0 Å². The van der Waals surface area contributed by atoms with Crippen LogP contribution >= 0.6 is 0 Å². The number of hydrogen-bond acceptors (Lipinski definition) is 3. The maximum atomic E-state index is 14.3. The first-order valence-corrected chi connectivity index (χ1v) is 8.06. The molecule has 0 bridgehead atoms. The maximum Gasteiger partial charge on any atom is 0.201 e. The van der Waals surface area contributed by atoms with E-state index in [0.29, 0.717) is 18.8 Å². The van der Waals surface area contributed by atoms with E-state index in [1.807, 2.05) is 19.1 Å². The first-order chi connectivity index (χ1) is 11.6. The van der Waals surface area contributed by atoms with Gasteiger partial charge in [-0.05, 0) is 30.2 Å². The highest BCUT2D eigenvalue weighted by molar-refractivity contribution is 5.65. The van der Waals surface area contributed by atoms with Crippen LogP contribution in [0.3, 0.4) is 0 Å². The molecule has 1 fully saturated rings. The average molecular weight is 334 g/mol. The van der Waals surface area contributed by atoms with E-state index in [1.54, 1.807) is 19.1 Å². The summed E-state index contributed by atoms with van der Waals surface area (Å²) < 4.78 is 44.4. The molecule has 1 saturated heterocycles. The van der Waals surface area contributed by atoms with Gasteiger partial charge in [-0.15, -0.1) is 0 Å². The summed E-state index contributed by atoms with van der Waals surface area (Å²) in [6.45, 7) is 5.23. The van der Waals surface area contributed by atoms with E-state index in [-0.39, 0.29) is 30.1 Å². The molecule has 2 aromatic rings. The fraction of sp³-hybridized carbons (Fsp3) is 0.368. The van der Waals surface area contributed by atoms with Crippen molar-refractivity contribution in [2.45, 2.75) is 26.1 Å². The Morgan fingerprint density at radius 2 is 1.71 bits per heavy atom. The Morgan fingerprint density at radius 3 is 2.33 bits per heavy atom. The zero-order valence-electron chi connectivity index (χ0n) is 13.7. The standard InChI is InChI=1S/C19H20F2O3/c1-3-22-16-9-8-15(17(20)18(16)21)14-6-4-13(5-7-14)12(2)19-23-10-11-24-19/h4-9,12,19H,3,10-11H2,1-2H3. The first kappa shape index (κ1) is 16.9. The van der Waals surface area contributed by atoms with Gasteiger partial charge in [-0.2, -0.15) is 4.39 Å². The molecule has 0 radical (unpaired) electrons. The van der Waals surface area contributed by atoms with Crippen molar-refractivity contribution < 1.29 is 23.0 Å². The summed E-state index contributed by atoms with van der Waals surface area (Å²) in [4.78, 5) is 0. The minimum atomic E-state index is -0.959. The van der Waals surface area contributed by atoms with Gasteiger partial charge in [0.15, 0.2) is 17.9 Å². The lowest BCUT2D eigenvalue weighted by atomic mass is 9.96. The largest absolute Gasteiger partial charge is 0.491 e. The molecule has 0 N–H and O–H groups in total. The van der Waals surface area contributed by atoms with E-state index >= 15 is 0 Å². The van der Waals surface area contributed by atoms with Gasteiger partial charge in [0.25, 0.3) is 0 Å². The molecule has 0 saturated carbocycles. The average Bonchev–Trinajstić information content (AvgIpc) is 3.13. The topological polar surface area (TPSA) is 27.7 Å². The van der Waals surface area contributed by atoms with Crippen LogP contribution in [0.25, 0.3) is 11.1 Å². The smallest absolute Gasteiger partial charge is 0.201 e. The van der Waals surface area contributed by atoms with Crippen LogP contribution in [0.5, 0.6) is 5.75 Å². The Bertz CT molecular complexity index is 695. The Morgan fingerprint density at radius 1 is 1.04 bits per heavy atom. The van der Waals surface area contributed by atoms with E-state index in [2.05, 4.69) is 0 Å². The molecule has 1 atom stereocenters. The van der Waals surface area contributed by atoms with Crippen molar-refractivity contribution >= 4 is 0 Å². The summed E-state index contributed by atoms with van der Waals surface area (Å²) in [7, 11) is 0. The van der Waals surface area contributed by atoms with Crippen LogP contribution in [0.4, 0.5) is 8.78 Å². The minimum absolute atomic E-state index is 0.0699. The van der Waals surface area contributed by atoms with Gasteiger partial charge in [0, 0.05) is 11.5 Å². The summed E-state index contributed by atoms with van der Waals surface area (Å²) in [5, 5.41) is 0. The predicted octanol–water partition coefficient (Wildman–Crippen LogP) is 4.51. The van der Waals surface area contributed by atoms with Crippen LogP contribution in [-0.4, -0.2) is 26.1 Å². The van der Waals surface area contributed by atoms with Crippen LogP contribution in [0.2, 0.25) is 0 Å². The number of hydrogen-bond donors (Lipinski definition) is 0. The van der Waals surface area contributed by atoms with Gasteiger partial charge >= 0.3 is 0 Å². The fourth-order valence-electron chi connectivity index (χ4n) is 2.81. The van der Waals surface area contributed by atoms with Gasteiger partial charge in [-0.25, -0.2) is 4.39 Å². The van der Waals surface area contributed by atoms with Gasteiger partial charge < -0.3 is 14.2 Å². The number of ether oxygens (including phenoxy) is 3. The van der Waals surface area contributed by atoms with Crippen molar-refractivity contribution in [1.29, 1.82) is 0 Å². The van der Waals surface area contributed by atoms with Crippen LogP contribution in [0.1, 0.15) is 25.3 Å². The third kappa shape index (κ3) is 3.28. The van der Waals surface area contributed by atoms with Crippen molar-refractivity contribution in [2.75, 3.05) is 19.8 Å². The summed E-state index contributed by atoms with van der Waals surface area (Å²) in [5.74, 6) is -1.85. The van der Waals surface area contributed by atoms with E-state index in [0.717, 1.165) is 5.56 Å². The zero-order chi connectivity index (χ0) is 17.1. The monoisotopic (exact) mass is 334 g/mol. The second-order valence-electron chi connectivity index (χ2n) is 5.69. The van der Waals surface area contributed by atoms with E-state index in [4.69, 9.17) is 14.2 Å². The first-order valence-electron chi connectivity index (χ1n) is 8.06. The molecule has 1 heterocycles. The number of rotatable bonds is 5. The van der Waals surface area contributed by atoms with Gasteiger partial charge in [0.2, 0.25) is 5.82 Å². The predicted molar refractivity (Wildman–Crippen MR) is 87.1 cm³/mol. The van der Waals surface area contributed by atoms with Crippen LogP contribution < -0.4 is 4.74 Å². The molecule has 3 rings (SSSR count). The van der Waals surface area contributed by atoms with Crippen molar-refractivity contribution in [1.82, 2.24) is 0 Å². The molecule has 0 spiro atoms. The fourth-order valence-corrected chi connectivity index (χ4v) is 2.81. The zero-order valence-corrected chi connectivity index (χ0v) is 13.7. The number of benzene rings is 2. The molecule has 1 unspecified atom stereocenters. The lowest BCUT2D eigenvalue weighted by Crippen LogP contribution is -2.16. The lowest BCUT2D eigenvalue weighted by molar-refractivity contribution is -0.0570. The Hall–Kier alpha value is -1.98. The second-order valence-corrected chi connectivity index (χ2v) is 5.69. The van der Waals surface area contributed by atoms with Crippen LogP contribution in [0.15, 0.2) is 36.4 Å². The minimum Gasteiger partial charge on any atom is -0.491 e. The SMILES string of the molecule is CCOc1ccc(-c2ccc(C(C)C3OCCO3)cc2)c(F)c1F. The van der Waals surface area contributed by atoms with Crippen LogP contribution in [-0.2, 0) is 9.47 Å². The molecule has 1 aliphatic heterocycles. The van der Waals surface area contributed by atoms with E-state index in [9.17, 15) is 8.78 Å². The molecule has 24 heavy (non-hydrogen) atoms. The Labute approximate surface area is 140 Å². The third-order valence-electron chi connectivity index (χ3n) is 4.15. The van der Waals surface area contributed by atoms with Crippen molar-refractivity contribution in [3.05, 3.63) is 53.6 Å². The highest BCUT2D eigenvalue weighted by Gasteiger charge is 2.24. The molecule has 0 amide bonds. The molecule has 3 nitrogen and oxygen atoms in total. The van der Waals surface area contributed by atoms with Gasteiger partial charge in [0.1, 0.15) is 0 Å². The van der Waals surface area contributed by atoms with Crippen molar-refractivity contribution in [3.8, 4) is 16.9 Å². The molecule has 128 valence electrons. The summed E-state index contributed by atoms with van der Waals surface area (Å²) in [6.07, 6.45) is -0.254. The second kappa shape index (κ2) is 7.28. The maximum absolute atomic E-state index is 14.3. The molecular formula is C19H20F2O3. The lowest BCUT2D eigenvalue weighted by Gasteiger charge is -2.18. The molecular weight excluding hydrogens is 314 g/mol. The molecule has 0 aliphatic carbocycles.